The lowest BCUT2D eigenvalue weighted by Crippen LogP contribution is -2.00. The predicted molar refractivity (Wildman–Crippen MR) is 112 cm³/mol. The molecule has 0 amide bonds. The molecule has 0 spiro atoms. The summed E-state index contributed by atoms with van der Waals surface area (Å²) in [7, 11) is 0. The fourth-order valence-corrected chi connectivity index (χ4v) is 3.33. The van der Waals surface area contributed by atoms with Crippen LogP contribution in [0.3, 0.4) is 0 Å². The number of aryl methyl sites for hydroxylation is 1. The Morgan fingerprint density at radius 1 is 1.15 bits per heavy atom. The molecule has 0 saturated heterocycles. The monoisotopic (exact) mass is 360 g/mol. The molecular formula is C24H28N2O. The molecule has 0 aliphatic heterocycles. The molecule has 0 aliphatic rings. The number of aromatic nitrogens is 2. The van der Waals surface area contributed by atoms with E-state index in [1.165, 1.54) is 5.56 Å². The van der Waals surface area contributed by atoms with Crippen LogP contribution < -0.4 is 0 Å². The van der Waals surface area contributed by atoms with Gasteiger partial charge in [0.05, 0.1) is 12.0 Å². The smallest absolute Gasteiger partial charge is 0.160 e. The summed E-state index contributed by atoms with van der Waals surface area (Å²) in [6.45, 7) is 8.21. The van der Waals surface area contributed by atoms with E-state index >= 15 is 0 Å². The van der Waals surface area contributed by atoms with E-state index in [0.717, 1.165) is 47.3 Å². The Balaban J connectivity index is 1.94. The topological polar surface area (TPSA) is 34.9 Å². The molecule has 1 heterocycles. The fourth-order valence-electron chi connectivity index (χ4n) is 3.33. The summed E-state index contributed by atoms with van der Waals surface area (Å²) >= 11 is 0. The van der Waals surface area contributed by atoms with E-state index < -0.39 is 0 Å². The average molecular weight is 361 g/mol. The molecule has 140 valence electrons. The number of carbonyl (C=O) groups is 1. The van der Waals surface area contributed by atoms with Gasteiger partial charge in [0.2, 0.25) is 0 Å². The van der Waals surface area contributed by atoms with E-state index in [4.69, 9.17) is 0 Å². The highest BCUT2D eigenvalue weighted by Gasteiger charge is 2.11. The first-order valence-corrected chi connectivity index (χ1v) is 9.78. The van der Waals surface area contributed by atoms with Crippen LogP contribution in [0.1, 0.15) is 67.9 Å². The number of benzene rings is 2. The Kier molecular flexibility index (Phi) is 5.90. The number of carbonyl (C=O) groups excluding carboxylic acids is 1. The van der Waals surface area contributed by atoms with Gasteiger partial charge in [-0.3, -0.25) is 4.79 Å². The lowest BCUT2D eigenvalue weighted by atomic mass is 9.96. The summed E-state index contributed by atoms with van der Waals surface area (Å²) in [6.07, 6.45) is 7.05. The van der Waals surface area contributed by atoms with E-state index in [1.807, 2.05) is 18.5 Å². The zero-order valence-electron chi connectivity index (χ0n) is 16.7. The van der Waals surface area contributed by atoms with Crippen LogP contribution in [0.25, 0.3) is 16.9 Å². The minimum atomic E-state index is 0.128. The highest BCUT2D eigenvalue weighted by Crippen LogP contribution is 2.25. The van der Waals surface area contributed by atoms with Crippen LogP contribution in [-0.2, 0) is 6.42 Å². The van der Waals surface area contributed by atoms with Gasteiger partial charge in [-0.15, -0.1) is 0 Å². The lowest BCUT2D eigenvalue weighted by molar-refractivity contribution is 0.101. The van der Waals surface area contributed by atoms with Crippen molar-refractivity contribution in [3.05, 3.63) is 71.7 Å². The second kappa shape index (κ2) is 8.34. The molecule has 0 bridgehead atoms. The first-order chi connectivity index (χ1) is 13.0. The number of hydrogen-bond acceptors (Lipinski definition) is 2. The zero-order valence-corrected chi connectivity index (χ0v) is 16.7. The molecule has 27 heavy (non-hydrogen) atoms. The minimum absolute atomic E-state index is 0.128. The van der Waals surface area contributed by atoms with Crippen LogP contribution in [0, 0.1) is 0 Å². The molecule has 1 aromatic heterocycles. The molecule has 0 fully saturated rings. The van der Waals surface area contributed by atoms with Crippen molar-refractivity contribution in [3.8, 4) is 16.9 Å². The normalized spacial score (nSPS) is 11.1. The zero-order chi connectivity index (χ0) is 19.4. The number of rotatable bonds is 7. The maximum atomic E-state index is 11.9. The first-order valence-electron chi connectivity index (χ1n) is 9.78. The molecule has 0 atom stereocenters. The van der Waals surface area contributed by atoms with Crippen LogP contribution in [-0.4, -0.2) is 15.3 Å². The lowest BCUT2D eigenvalue weighted by Gasteiger charge is -2.09. The third-order valence-electron chi connectivity index (χ3n) is 5.00. The molecule has 0 unspecified atom stereocenters. The Morgan fingerprint density at radius 3 is 2.67 bits per heavy atom. The molecule has 3 aromatic rings. The molecule has 0 radical (unpaired) electrons. The van der Waals surface area contributed by atoms with Gasteiger partial charge >= 0.3 is 0 Å². The van der Waals surface area contributed by atoms with Crippen LogP contribution in [0.2, 0.25) is 0 Å². The van der Waals surface area contributed by atoms with Crippen LogP contribution in [0.5, 0.6) is 0 Å². The van der Waals surface area contributed by atoms with Crippen LogP contribution in [0.15, 0.2) is 55.0 Å². The number of Topliss-reactive ketones (excluding diaryl/α,β-unsaturated/α-hetero) is 1. The largest absolute Gasteiger partial charge is 0.306 e. The van der Waals surface area contributed by atoms with E-state index in [-0.39, 0.29) is 5.78 Å². The second-order valence-corrected chi connectivity index (χ2v) is 7.45. The first kappa shape index (κ1) is 19.1. The van der Waals surface area contributed by atoms with Gasteiger partial charge in [-0.25, -0.2) is 4.98 Å². The van der Waals surface area contributed by atoms with Crippen molar-refractivity contribution < 1.29 is 4.79 Å². The number of unbranched alkanes of at least 4 members (excludes halogenated alkanes) is 1. The van der Waals surface area contributed by atoms with Gasteiger partial charge in [0.15, 0.2) is 5.78 Å². The average Bonchev–Trinajstić information content (AvgIpc) is 3.16. The van der Waals surface area contributed by atoms with E-state index in [2.05, 4.69) is 66.9 Å². The Hall–Kier alpha value is -2.68. The van der Waals surface area contributed by atoms with Gasteiger partial charge in [-0.05, 0) is 55.0 Å². The van der Waals surface area contributed by atoms with Crippen LogP contribution in [0.4, 0.5) is 0 Å². The summed E-state index contributed by atoms with van der Waals surface area (Å²) in [6, 6.07) is 14.6. The SMILES string of the molecule is CCCCc1cc(-c2cn(-c3cccc(C(C)C)c3)cn2)ccc1C(C)=O. The van der Waals surface area contributed by atoms with Gasteiger partial charge in [0.25, 0.3) is 0 Å². The van der Waals surface area contributed by atoms with E-state index in [1.54, 1.807) is 6.92 Å². The van der Waals surface area contributed by atoms with Crippen LogP contribution >= 0.6 is 0 Å². The number of ketones is 1. The summed E-state index contributed by atoms with van der Waals surface area (Å²) in [5, 5.41) is 0. The second-order valence-electron chi connectivity index (χ2n) is 7.45. The Labute approximate surface area is 162 Å². The van der Waals surface area contributed by atoms with Gasteiger partial charge < -0.3 is 4.57 Å². The van der Waals surface area contributed by atoms with Gasteiger partial charge in [-0.2, -0.15) is 0 Å². The molecule has 0 aliphatic carbocycles. The van der Waals surface area contributed by atoms with Crippen molar-refractivity contribution in [2.45, 2.75) is 52.9 Å². The van der Waals surface area contributed by atoms with Crippen molar-refractivity contribution >= 4 is 5.78 Å². The van der Waals surface area contributed by atoms with Crippen molar-refractivity contribution in [2.75, 3.05) is 0 Å². The molecule has 3 heteroatoms. The fraction of sp³-hybridized carbons (Fsp3) is 0.333. The predicted octanol–water partition coefficient (Wildman–Crippen LogP) is 6.21. The van der Waals surface area contributed by atoms with Crippen molar-refractivity contribution in [3.63, 3.8) is 0 Å². The molecular weight excluding hydrogens is 332 g/mol. The summed E-state index contributed by atoms with van der Waals surface area (Å²) in [5.74, 6) is 0.622. The third kappa shape index (κ3) is 4.36. The highest BCUT2D eigenvalue weighted by atomic mass is 16.1. The Bertz CT molecular complexity index is 937. The standard InChI is InChI=1S/C24H28N2O/c1-5-6-8-20-13-21(11-12-23(20)18(4)27)24-15-26(16-25-24)22-10-7-9-19(14-22)17(2)3/h7,9-17H,5-6,8H2,1-4H3. The summed E-state index contributed by atoms with van der Waals surface area (Å²) in [4.78, 5) is 16.5. The van der Waals surface area contributed by atoms with Gasteiger partial charge in [0, 0.05) is 23.0 Å². The van der Waals surface area contributed by atoms with Crippen molar-refractivity contribution in [1.29, 1.82) is 0 Å². The minimum Gasteiger partial charge on any atom is -0.306 e. The Morgan fingerprint density at radius 2 is 1.96 bits per heavy atom. The maximum Gasteiger partial charge on any atom is 0.160 e. The molecule has 2 aromatic carbocycles. The van der Waals surface area contributed by atoms with Gasteiger partial charge in [0.1, 0.15) is 0 Å². The number of nitrogens with zero attached hydrogens (tertiary/aromatic N) is 2. The summed E-state index contributed by atoms with van der Waals surface area (Å²) in [5.41, 5.74) is 6.37. The summed E-state index contributed by atoms with van der Waals surface area (Å²) < 4.78 is 2.06. The van der Waals surface area contributed by atoms with Gasteiger partial charge in [-0.1, -0.05) is 51.5 Å². The van der Waals surface area contributed by atoms with E-state index in [0.29, 0.717) is 5.92 Å². The van der Waals surface area contributed by atoms with E-state index in [9.17, 15) is 4.79 Å². The molecule has 0 saturated carbocycles. The molecule has 3 rings (SSSR count). The van der Waals surface area contributed by atoms with Crippen molar-refractivity contribution in [1.82, 2.24) is 9.55 Å². The third-order valence-corrected chi connectivity index (χ3v) is 5.00. The number of hydrogen-bond donors (Lipinski definition) is 0. The quantitative estimate of drug-likeness (QED) is 0.470. The molecule has 0 N–H and O–H groups in total. The van der Waals surface area contributed by atoms with Crippen molar-refractivity contribution in [2.24, 2.45) is 0 Å². The highest BCUT2D eigenvalue weighted by molar-refractivity contribution is 5.96. The number of imidazole rings is 1. The molecule has 3 nitrogen and oxygen atoms in total. The maximum absolute atomic E-state index is 11.9.